The van der Waals surface area contributed by atoms with E-state index in [1.54, 1.807) is 4.90 Å². The first-order chi connectivity index (χ1) is 13.7. The summed E-state index contributed by atoms with van der Waals surface area (Å²) in [6, 6.07) is 28.9. The van der Waals surface area contributed by atoms with Crippen LogP contribution >= 0.6 is 0 Å². The molecule has 3 amide bonds. The van der Waals surface area contributed by atoms with Gasteiger partial charge >= 0.3 is 171 Å². The van der Waals surface area contributed by atoms with Crippen LogP contribution in [-0.2, 0) is 11.3 Å². The molecule has 0 aromatic heterocycles. The number of nitrogens with zero attached hydrogens (tertiary/aromatic N) is 2. The molecule has 0 bridgehead atoms. The third kappa shape index (κ3) is 4.01. The number of anilines is 1. The van der Waals surface area contributed by atoms with Crippen molar-refractivity contribution < 1.29 is 9.59 Å². The molecule has 28 heavy (non-hydrogen) atoms. The van der Waals surface area contributed by atoms with Crippen molar-refractivity contribution in [1.82, 2.24) is 4.90 Å². The predicted octanol–water partition coefficient (Wildman–Crippen LogP) is 3.47. The number of urea groups is 1. The van der Waals surface area contributed by atoms with Gasteiger partial charge in [-0.1, -0.05) is 0 Å². The molecule has 1 atom stereocenters. The molecule has 3 aromatic carbocycles. The molecule has 0 N–H and O–H groups in total. The van der Waals surface area contributed by atoms with E-state index in [2.05, 4.69) is 12.1 Å². The van der Waals surface area contributed by atoms with Crippen LogP contribution in [0.15, 0.2) is 91.0 Å². The first-order valence-corrected chi connectivity index (χ1v) is 11.0. The molecule has 1 aliphatic rings. The molecule has 1 heterocycles. The van der Waals surface area contributed by atoms with E-state index in [1.807, 2.05) is 78.9 Å². The van der Waals surface area contributed by atoms with E-state index < -0.39 is 0 Å². The number of para-hydroxylation sites is 1. The number of carbonyl (C=O) groups is 2. The molecule has 0 spiro atoms. The first kappa shape index (κ1) is 18.5. The van der Waals surface area contributed by atoms with Crippen molar-refractivity contribution in [2.75, 3.05) is 11.4 Å². The van der Waals surface area contributed by atoms with Crippen LogP contribution in [-0.4, -0.2) is 38.3 Å². The molecule has 1 aliphatic heterocycles. The molecule has 5 heteroatoms. The standard InChI is InChI=1S/C23H20N2O2Se/c26-22-21(28-20-14-8-3-9-15-20)17-24(16-18-10-4-1-5-11-18)23(27)25(22)19-12-6-2-7-13-19/h1-15,21H,16-17H2. The van der Waals surface area contributed by atoms with Gasteiger partial charge in [-0.3, -0.25) is 0 Å². The molecule has 4 nitrogen and oxygen atoms in total. The van der Waals surface area contributed by atoms with Gasteiger partial charge in [0.25, 0.3) is 0 Å². The Labute approximate surface area is 170 Å². The van der Waals surface area contributed by atoms with Gasteiger partial charge in [0.2, 0.25) is 0 Å². The quantitative estimate of drug-likeness (QED) is 0.576. The molecule has 4 rings (SSSR count). The zero-order valence-corrected chi connectivity index (χ0v) is 17.0. The third-order valence-corrected chi connectivity index (χ3v) is 7.07. The van der Waals surface area contributed by atoms with Crippen molar-refractivity contribution >= 4 is 37.0 Å². The Balaban J connectivity index is 1.65. The van der Waals surface area contributed by atoms with Crippen LogP contribution in [0.2, 0.25) is 4.82 Å². The number of hydrogen-bond donors (Lipinski definition) is 0. The van der Waals surface area contributed by atoms with E-state index in [-0.39, 0.29) is 31.7 Å². The Kier molecular flexibility index (Phi) is 5.56. The van der Waals surface area contributed by atoms with Gasteiger partial charge in [0.15, 0.2) is 0 Å². The van der Waals surface area contributed by atoms with Gasteiger partial charge in [0, 0.05) is 0 Å². The molecule has 0 radical (unpaired) electrons. The second-order valence-electron chi connectivity index (χ2n) is 6.58. The second-order valence-corrected chi connectivity index (χ2v) is 9.25. The molecular weight excluding hydrogens is 415 g/mol. The summed E-state index contributed by atoms with van der Waals surface area (Å²) in [5.74, 6) is -0.107. The Morgan fingerprint density at radius 3 is 2.00 bits per heavy atom. The Hall–Kier alpha value is -2.88. The van der Waals surface area contributed by atoms with Gasteiger partial charge in [-0.25, -0.2) is 0 Å². The summed E-state index contributed by atoms with van der Waals surface area (Å²) >= 11 is -0.0546. The summed E-state index contributed by atoms with van der Waals surface area (Å²) in [5.41, 5.74) is 1.69. The van der Waals surface area contributed by atoms with Crippen molar-refractivity contribution in [2.24, 2.45) is 0 Å². The zero-order chi connectivity index (χ0) is 19.3. The molecule has 3 aromatic rings. The molecule has 1 unspecified atom stereocenters. The molecule has 1 fully saturated rings. The first-order valence-electron chi connectivity index (χ1n) is 9.16. The van der Waals surface area contributed by atoms with Gasteiger partial charge in [0.05, 0.1) is 0 Å². The Morgan fingerprint density at radius 2 is 1.36 bits per heavy atom. The fourth-order valence-corrected chi connectivity index (χ4v) is 5.55. The van der Waals surface area contributed by atoms with Gasteiger partial charge in [-0.2, -0.15) is 0 Å². The fraction of sp³-hybridized carbons (Fsp3) is 0.130. The minimum absolute atomic E-state index is 0.0546. The number of hydrogen-bond acceptors (Lipinski definition) is 2. The second kappa shape index (κ2) is 8.42. The third-order valence-electron chi connectivity index (χ3n) is 4.60. The maximum absolute atomic E-state index is 13.2. The van der Waals surface area contributed by atoms with Crippen molar-refractivity contribution in [2.45, 2.75) is 11.4 Å². The molecule has 0 aliphatic carbocycles. The summed E-state index contributed by atoms with van der Waals surface area (Å²) in [7, 11) is 0. The predicted molar refractivity (Wildman–Crippen MR) is 112 cm³/mol. The average Bonchev–Trinajstić information content (AvgIpc) is 2.74. The van der Waals surface area contributed by atoms with Crippen molar-refractivity contribution in [3.05, 3.63) is 96.6 Å². The van der Waals surface area contributed by atoms with E-state index in [1.165, 1.54) is 4.90 Å². The number of amides is 3. The monoisotopic (exact) mass is 436 g/mol. The number of carbonyl (C=O) groups excluding carboxylic acids is 2. The van der Waals surface area contributed by atoms with E-state index in [4.69, 9.17) is 0 Å². The molecule has 1 saturated heterocycles. The van der Waals surface area contributed by atoms with E-state index >= 15 is 0 Å². The summed E-state index contributed by atoms with van der Waals surface area (Å²) in [5, 5.41) is 0. The summed E-state index contributed by atoms with van der Waals surface area (Å²) < 4.78 is 1.16. The SMILES string of the molecule is O=C1C([Se]c2ccccc2)CN(Cc2ccccc2)C(=O)N1c1ccccc1. The van der Waals surface area contributed by atoms with Crippen LogP contribution in [0.5, 0.6) is 0 Å². The van der Waals surface area contributed by atoms with Crippen LogP contribution in [0, 0.1) is 0 Å². The Morgan fingerprint density at radius 1 is 0.786 bits per heavy atom. The van der Waals surface area contributed by atoms with E-state index in [0.717, 1.165) is 10.0 Å². The van der Waals surface area contributed by atoms with Gasteiger partial charge < -0.3 is 0 Å². The topological polar surface area (TPSA) is 40.6 Å². The summed E-state index contributed by atoms with van der Waals surface area (Å²) in [6.07, 6.45) is 0. The van der Waals surface area contributed by atoms with Crippen LogP contribution in [0.3, 0.4) is 0 Å². The number of benzene rings is 3. The fourth-order valence-electron chi connectivity index (χ4n) is 3.24. The van der Waals surface area contributed by atoms with Crippen LogP contribution in [0.4, 0.5) is 10.5 Å². The van der Waals surface area contributed by atoms with Crippen LogP contribution in [0.25, 0.3) is 0 Å². The molecule has 140 valence electrons. The van der Waals surface area contributed by atoms with Crippen LogP contribution < -0.4 is 9.36 Å². The Bertz CT molecular complexity index is 889. The number of rotatable bonds is 5. The summed E-state index contributed by atoms with van der Waals surface area (Å²) in [6.45, 7) is 0.947. The number of imide groups is 1. The van der Waals surface area contributed by atoms with Gasteiger partial charge in [0.1, 0.15) is 0 Å². The summed E-state index contributed by atoms with van der Waals surface area (Å²) in [4.78, 5) is 29.3. The van der Waals surface area contributed by atoms with Crippen molar-refractivity contribution in [3.8, 4) is 0 Å². The maximum atomic E-state index is 13.2. The zero-order valence-electron chi connectivity index (χ0n) is 15.3. The van der Waals surface area contributed by atoms with E-state index in [9.17, 15) is 9.59 Å². The van der Waals surface area contributed by atoms with Crippen molar-refractivity contribution in [3.63, 3.8) is 0 Å². The van der Waals surface area contributed by atoms with E-state index in [0.29, 0.717) is 18.8 Å². The van der Waals surface area contributed by atoms with Crippen LogP contribution in [0.1, 0.15) is 5.56 Å². The molecule has 0 saturated carbocycles. The normalized spacial score (nSPS) is 17.1. The van der Waals surface area contributed by atoms with Crippen molar-refractivity contribution in [1.29, 1.82) is 0 Å². The average molecular weight is 435 g/mol. The molecular formula is C23H20N2O2Se. The van der Waals surface area contributed by atoms with Gasteiger partial charge in [-0.15, -0.1) is 0 Å². The minimum atomic E-state index is -0.250. The van der Waals surface area contributed by atoms with Gasteiger partial charge in [-0.05, 0) is 0 Å².